The molecular formula is C38H48N2O5. The first-order valence-electron chi connectivity index (χ1n) is 16.4. The van der Waals surface area contributed by atoms with Crippen LogP contribution in [0, 0.1) is 11.8 Å². The number of hydrogen-bond acceptors (Lipinski definition) is 6. The lowest BCUT2D eigenvalue weighted by Gasteiger charge is -2.33. The number of carbonyl (C=O) groups is 2. The molecule has 2 unspecified atom stereocenters. The van der Waals surface area contributed by atoms with Gasteiger partial charge in [-0.2, -0.15) is 0 Å². The molecule has 1 saturated carbocycles. The van der Waals surface area contributed by atoms with Crippen molar-refractivity contribution in [1.29, 1.82) is 0 Å². The number of amides is 1. The number of likely N-dealkylation sites (tertiary alicyclic amines) is 1. The number of hydrogen-bond donors (Lipinski definition) is 0. The summed E-state index contributed by atoms with van der Waals surface area (Å²) in [5, 5.41) is 0. The number of benzene rings is 3. The second-order valence-corrected chi connectivity index (χ2v) is 13.3. The van der Waals surface area contributed by atoms with Crippen LogP contribution in [0.4, 0.5) is 4.79 Å². The number of unbranched alkanes of at least 4 members (excludes halogenated alkanes) is 1. The average Bonchev–Trinajstić information content (AvgIpc) is 3.51. The Morgan fingerprint density at radius 3 is 1.89 bits per heavy atom. The van der Waals surface area contributed by atoms with E-state index >= 15 is 0 Å². The fourth-order valence-corrected chi connectivity index (χ4v) is 6.58. The maximum Gasteiger partial charge on any atom is 0.410 e. The Kier molecular flexibility index (Phi) is 10.6. The van der Waals surface area contributed by atoms with Gasteiger partial charge in [-0.05, 0) is 68.6 Å². The third kappa shape index (κ3) is 7.95. The molecule has 1 amide bonds. The normalized spacial score (nSPS) is 19.5. The van der Waals surface area contributed by atoms with Crippen LogP contribution in [-0.2, 0) is 31.2 Å². The van der Waals surface area contributed by atoms with Gasteiger partial charge in [0.05, 0.1) is 6.61 Å². The molecule has 240 valence electrons. The molecule has 2 aliphatic rings. The van der Waals surface area contributed by atoms with E-state index in [0.29, 0.717) is 37.8 Å². The highest BCUT2D eigenvalue weighted by Crippen LogP contribution is 2.49. The summed E-state index contributed by atoms with van der Waals surface area (Å²) in [6.07, 6.45) is 1.84. The lowest BCUT2D eigenvalue weighted by molar-refractivity contribution is -0.169. The van der Waals surface area contributed by atoms with Gasteiger partial charge in [-0.15, -0.1) is 0 Å². The van der Waals surface area contributed by atoms with Crippen molar-refractivity contribution in [1.82, 2.24) is 9.80 Å². The lowest BCUT2D eigenvalue weighted by atomic mass is 9.86. The molecule has 2 fully saturated rings. The Bertz CT molecular complexity index is 1320. The van der Waals surface area contributed by atoms with Crippen molar-refractivity contribution < 1.29 is 23.8 Å². The summed E-state index contributed by atoms with van der Waals surface area (Å²) in [6, 6.07) is 29.9. The Morgan fingerprint density at radius 2 is 1.36 bits per heavy atom. The van der Waals surface area contributed by atoms with Crippen LogP contribution in [0.1, 0.15) is 63.6 Å². The molecule has 3 aromatic carbocycles. The van der Waals surface area contributed by atoms with E-state index in [4.69, 9.17) is 14.2 Å². The van der Waals surface area contributed by atoms with E-state index in [-0.39, 0.29) is 18.7 Å². The van der Waals surface area contributed by atoms with Crippen molar-refractivity contribution in [2.24, 2.45) is 11.8 Å². The summed E-state index contributed by atoms with van der Waals surface area (Å²) in [5.74, 6) is 0.506. The molecule has 0 bridgehead atoms. The van der Waals surface area contributed by atoms with E-state index < -0.39 is 17.2 Å². The van der Waals surface area contributed by atoms with Crippen LogP contribution < -0.4 is 0 Å². The summed E-state index contributed by atoms with van der Waals surface area (Å²) in [6.45, 7) is 11.9. The molecule has 5 rings (SSSR count). The smallest absolute Gasteiger partial charge is 0.410 e. The standard InChI is InChI=1S/C38H48N2O5/c1-5-24-44-38(30-19-11-7-12-20-30,31-21-13-8-14-22-31)35(41)43-25-16-15-23-40(36(42)45-37(2,3)4)34-32-27-39(28-33(32)34)26-29-17-9-6-10-18-29/h6-14,17-22,32-34H,5,15-16,23-28H2,1-4H3. The van der Waals surface area contributed by atoms with Crippen molar-refractivity contribution in [3.8, 4) is 0 Å². The van der Waals surface area contributed by atoms with Gasteiger partial charge in [0.15, 0.2) is 0 Å². The SMILES string of the molecule is CCCOC(C(=O)OCCCCN(C(=O)OC(C)(C)C)C1C2CN(Cc3ccccc3)CC21)(c1ccccc1)c1ccccc1. The highest BCUT2D eigenvalue weighted by atomic mass is 16.6. The molecular weight excluding hydrogens is 564 g/mol. The molecule has 1 heterocycles. The third-order valence-electron chi connectivity index (χ3n) is 8.66. The maximum atomic E-state index is 13.9. The zero-order valence-electron chi connectivity index (χ0n) is 27.2. The second-order valence-electron chi connectivity index (χ2n) is 13.3. The Balaban J connectivity index is 1.20. The number of fused-ring (bicyclic) bond motifs is 1. The van der Waals surface area contributed by atoms with Crippen LogP contribution >= 0.6 is 0 Å². The number of piperidine rings is 1. The quantitative estimate of drug-likeness (QED) is 0.144. The van der Waals surface area contributed by atoms with Crippen LogP contribution in [0.2, 0.25) is 0 Å². The molecule has 0 spiro atoms. The minimum absolute atomic E-state index is 0.195. The summed E-state index contributed by atoms with van der Waals surface area (Å²) in [5.41, 5.74) is 0.889. The predicted octanol–water partition coefficient (Wildman–Crippen LogP) is 7.05. The summed E-state index contributed by atoms with van der Waals surface area (Å²) in [4.78, 5) is 31.7. The predicted molar refractivity (Wildman–Crippen MR) is 176 cm³/mol. The molecule has 1 aliphatic carbocycles. The number of nitrogens with zero attached hydrogens (tertiary/aromatic N) is 2. The second kappa shape index (κ2) is 14.6. The maximum absolute atomic E-state index is 13.9. The minimum atomic E-state index is -1.35. The summed E-state index contributed by atoms with van der Waals surface area (Å²) < 4.78 is 18.2. The lowest BCUT2D eigenvalue weighted by Crippen LogP contribution is -2.43. The molecule has 2 atom stereocenters. The molecule has 45 heavy (non-hydrogen) atoms. The van der Waals surface area contributed by atoms with Gasteiger partial charge in [-0.25, -0.2) is 9.59 Å². The van der Waals surface area contributed by atoms with Crippen LogP contribution in [-0.4, -0.2) is 66.4 Å². The Hall–Kier alpha value is -3.68. The van der Waals surface area contributed by atoms with Crippen molar-refractivity contribution in [3.63, 3.8) is 0 Å². The van der Waals surface area contributed by atoms with E-state index in [1.807, 2.05) is 99.3 Å². The molecule has 0 aromatic heterocycles. The van der Waals surface area contributed by atoms with Crippen LogP contribution in [0.15, 0.2) is 91.0 Å². The molecule has 3 aromatic rings. The topological polar surface area (TPSA) is 68.3 Å². The van der Waals surface area contributed by atoms with Gasteiger partial charge in [0.2, 0.25) is 5.60 Å². The summed E-state index contributed by atoms with van der Waals surface area (Å²) in [7, 11) is 0. The van der Waals surface area contributed by atoms with E-state index in [1.165, 1.54) is 5.56 Å². The first-order valence-corrected chi connectivity index (χ1v) is 16.4. The Labute approximate surface area is 268 Å². The van der Waals surface area contributed by atoms with E-state index in [9.17, 15) is 9.59 Å². The minimum Gasteiger partial charge on any atom is -0.463 e. The van der Waals surface area contributed by atoms with Gasteiger partial charge < -0.3 is 19.1 Å². The first kappa shape index (κ1) is 32.7. The van der Waals surface area contributed by atoms with Crippen molar-refractivity contribution >= 4 is 12.1 Å². The largest absolute Gasteiger partial charge is 0.463 e. The van der Waals surface area contributed by atoms with Crippen molar-refractivity contribution in [2.75, 3.05) is 32.8 Å². The molecule has 1 aliphatic heterocycles. The van der Waals surface area contributed by atoms with Gasteiger partial charge in [0.1, 0.15) is 5.60 Å². The van der Waals surface area contributed by atoms with Gasteiger partial charge in [-0.1, -0.05) is 97.9 Å². The van der Waals surface area contributed by atoms with E-state index in [2.05, 4.69) is 29.2 Å². The first-order chi connectivity index (χ1) is 21.7. The van der Waals surface area contributed by atoms with Crippen molar-refractivity contribution in [2.45, 2.75) is 70.7 Å². The molecule has 0 N–H and O–H groups in total. The number of esters is 1. The molecule has 0 radical (unpaired) electrons. The fraction of sp³-hybridized carbons (Fsp3) is 0.474. The van der Waals surface area contributed by atoms with Crippen LogP contribution in [0.25, 0.3) is 0 Å². The number of ether oxygens (including phenoxy) is 3. The zero-order chi connectivity index (χ0) is 31.9. The monoisotopic (exact) mass is 612 g/mol. The summed E-state index contributed by atoms with van der Waals surface area (Å²) >= 11 is 0. The van der Waals surface area contributed by atoms with Gasteiger partial charge >= 0.3 is 12.1 Å². The van der Waals surface area contributed by atoms with Crippen LogP contribution in [0.3, 0.4) is 0 Å². The van der Waals surface area contributed by atoms with Gasteiger partial charge in [-0.3, -0.25) is 4.90 Å². The van der Waals surface area contributed by atoms with E-state index in [0.717, 1.165) is 37.2 Å². The zero-order valence-corrected chi connectivity index (χ0v) is 27.2. The molecule has 7 heteroatoms. The highest BCUT2D eigenvalue weighted by molar-refractivity contribution is 5.86. The number of carbonyl (C=O) groups excluding carboxylic acids is 2. The fourth-order valence-electron chi connectivity index (χ4n) is 6.58. The molecule has 1 saturated heterocycles. The van der Waals surface area contributed by atoms with Gasteiger partial charge in [0.25, 0.3) is 0 Å². The number of rotatable bonds is 14. The molecule has 7 nitrogen and oxygen atoms in total. The van der Waals surface area contributed by atoms with Gasteiger partial charge in [0, 0.05) is 38.8 Å². The van der Waals surface area contributed by atoms with E-state index in [1.54, 1.807) is 0 Å². The average molecular weight is 613 g/mol. The van der Waals surface area contributed by atoms with Crippen LogP contribution in [0.5, 0.6) is 0 Å². The highest BCUT2D eigenvalue weighted by Gasteiger charge is 2.59. The Morgan fingerprint density at radius 1 is 0.800 bits per heavy atom. The van der Waals surface area contributed by atoms with Crippen molar-refractivity contribution in [3.05, 3.63) is 108 Å². The third-order valence-corrected chi connectivity index (χ3v) is 8.66.